The Morgan fingerprint density at radius 2 is 2.31 bits per heavy atom. The van der Waals surface area contributed by atoms with Crippen molar-refractivity contribution in [3.63, 3.8) is 0 Å². The largest absolute Gasteiger partial charge is 0.381 e. The average molecular weight is 221 g/mol. The highest BCUT2D eigenvalue weighted by Crippen LogP contribution is 2.28. The highest BCUT2D eigenvalue weighted by Gasteiger charge is 2.23. The summed E-state index contributed by atoms with van der Waals surface area (Å²) in [6.07, 6.45) is 7.95. The average Bonchev–Trinajstić information content (AvgIpc) is 2.76. The molecule has 0 aliphatic carbocycles. The summed E-state index contributed by atoms with van der Waals surface area (Å²) in [5, 5.41) is 0. The summed E-state index contributed by atoms with van der Waals surface area (Å²) >= 11 is 0. The van der Waals surface area contributed by atoms with Gasteiger partial charge in [0.25, 0.3) is 0 Å². The number of ether oxygens (including phenoxy) is 1. The molecule has 2 aliphatic heterocycles. The molecule has 1 aromatic rings. The van der Waals surface area contributed by atoms with Crippen LogP contribution < -0.4 is 5.73 Å². The zero-order valence-electron chi connectivity index (χ0n) is 9.56. The Bertz CT molecular complexity index is 368. The smallest absolute Gasteiger partial charge is 0.110 e. The lowest BCUT2D eigenvalue weighted by molar-refractivity contribution is 0.0793. The topological polar surface area (TPSA) is 53.1 Å². The highest BCUT2D eigenvalue weighted by atomic mass is 16.5. The van der Waals surface area contributed by atoms with Crippen molar-refractivity contribution in [2.24, 2.45) is 5.73 Å². The molecule has 88 valence electrons. The summed E-state index contributed by atoms with van der Waals surface area (Å²) in [5.41, 5.74) is 7.27. The van der Waals surface area contributed by atoms with Crippen LogP contribution in [0.25, 0.3) is 0 Å². The molecule has 2 atom stereocenters. The molecule has 0 spiro atoms. The molecule has 4 nitrogen and oxygen atoms in total. The van der Waals surface area contributed by atoms with E-state index in [9.17, 15) is 0 Å². The van der Waals surface area contributed by atoms with E-state index in [0.29, 0.717) is 5.92 Å². The molecule has 16 heavy (non-hydrogen) atoms. The summed E-state index contributed by atoms with van der Waals surface area (Å²) < 4.78 is 7.68. The highest BCUT2D eigenvalue weighted by molar-refractivity contribution is 5.13. The Labute approximate surface area is 95.8 Å². The van der Waals surface area contributed by atoms with Crippen molar-refractivity contribution in [2.75, 3.05) is 13.2 Å². The molecular formula is C12H19N3O. The first-order chi connectivity index (χ1) is 7.84. The van der Waals surface area contributed by atoms with E-state index >= 15 is 0 Å². The number of hydrogen-bond donors (Lipinski definition) is 1. The van der Waals surface area contributed by atoms with Gasteiger partial charge in [-0.3, -0.25) is 0 Å². The maximum Gasteiger partial charge on any atom is 0.110 e. The number of hydrogen-bond acceptors (Lipinski definition) is 3. The van der Waals surface area contributed by atoms with Crippen molar-refractivity contribution in [3.05, 3.63) is 17.7 Å². The van der Waals surface area contributed by atoms with Gasteiger partial charge in [0.05, 0.1) is 18.5 Å². The fourth-order valence-corrected chi connectivity index (χ4v) is 2.70. The predicted molar refractivity (Wildman–Crippen MR) is 61.2 cm³/mol. The minimum absolute atomic E-state index is 0.134. The molecule has 2 unspecified atom stereocenters. The number of fused-ring (bicyclic) bond motifs is 1. The van der Waals surface area contributed by atoms with Gasteiger partial charge in [0.15, 0.2) is 0 Å². The lowest BCUT2D eigenvalue weighted by Crippen LogP contribution is -2.24. The molecule has 3 rings (SSSR count). The van der Waals surface area contributed by atoms with Gasteiger partial charge in [0.2, 0.25) is 0 Å². The van der Waals surface area contributed by atoms with E-state index in [2.05, 4.69) is 10.8 Å². The normalized spacial score (nSPS) is 30.1. The maximum atomic E-state index is 6.08. The number of nitrogens with two attached hydrogens (primary N) is 1. The van der Waals surface area contributed by atoms with E-state index in [1.165, 1.54) is 24.4 Å². The summed E-state index contributed by atoms with van der Waals surface area (Å²) in [5.74, 6) is 1.65. The van der Waals surface area contributed by atoms with Crippen molar-refractivity contribution in [1.29, 1.82) is 0 Å². The second-order valence-corrected chi connectivity index (χ2v) is 4.86. The lowest BCUT2D eigenvalue weighted by atomic mass is 9.99. The predicted octanol–water partition coefficient (Wildman–Crippen LogP) is 1.57. The van der Waals surface area contributed by atoms with Crippen LogP contribution in [0.5, 0.6) is 0 Å². The third-order valence-electron chi connectivity index (χ3n) is 3.66. The Balaban J connectivity index is 1.85. The molecule has 2 aliphatic rings. The molecule has 0 aromatic carbocycles. The van der Waals surface area contributed by atoms with E-state index < -0.39 is 0 Å². The van der Waals surface area contributed by atoms with E-state index in [1.807, 2.05) is 0 Å². The molecule has 1 aromatic heterocycles. The fraction of sp³-hybridized carbons (Fsp3) is 0.750. The zero-order valence-corrected chi connectivity index (χ0v) is 9.56. The van der Waals surface area contributed by atoms with Gasteiger partial charge < -0.3 is 15.0 Å². The summed E-state index contributed by atoms with van der Waals surface area (Å²) in [6, 6.07) is 0. The van der Waals surface area contributed by atoms with Gasteiger partial charge in [0, 0.05) is 25.1 Å². The van der Waals surface area contributed by atoms with Gasteiger partial charge in [-0.2, -0.15) is 0 Å². The molecule has 0 bridgehead atoms. The van der Waals surface area contributed by atoms with Gasteiger partial charge in [-0.1, -0.05) is 0 Å². The maximum absolute atomic E-state index is 6.08. The SMILES string of the molecule is NC1CCCc2nc(C3CCCOC3)cn21. The Morgan fingerprint density at radius 3 is 3.06 bits per heavy atom. The summed E-state index contributed by atoms with van der Waals surface area (Å²) in [7, 11) is 0. The zero-order chi connectivity index (χ0) is 11.0. The number of rotatable bonds is 1. The van der Waals surface area contributed by atoms with Crippen LogP contribution >= 0.6 is 0 Å². The molecule has 0 amide bonds. The molecule has 4 heteroatoms. The van der Waals surface area contributed by atoms with Crippen LogP contribution in [-0.2, 0) is 11.2 Å². The molecule has 3 heterocycles. The van der Waals surface area contributed by atoms with Crippen molar-refractivity contribution in [3.8, 4) is 0 Å². The standard InChI is InChI=1S/C12H19N3O/c13-11-4-1-5-12-14-10(7-15(11)12)9-3-2-6-16-8-9/h7,9,11H,1-6,8,13H2. The van der Waals surface area contributed by atoms with Crippen molar-refractivity contribution in [2.45, 2.75) is 44.2 Å². The van der Waals surface area contributed by atoms with Crippen LogP contribution in [-0.4, -0.2) is 22.8 Å². The van der Waals surface area contributed by atoms with Crippen LogP contribution in [0.4, 0.5) is 0 Å². The third kappa shape index (κ3) is 1.76. The Hall–Kier alpha value is -0.870. The Kier molecular flexibility index (Phi) is 2.69. The van der Waals surface area contributed by atoms with Crippen LogP contribution in [0, 0.1) is 0 Å². The van der Waals surface area contributed by atoms with E-state index in [1.54, 1.807) is 0 Å². The van der Waals surface area contributed by atoms with Crippen LogP contribution in [0.1, 0.15) is 49.3 Å². The minimum atomic E-state index is 0.134. The third-order valence-corrected chi connectivity index (χ3v) is 3.66. The van der Waals surface area contributed by atoms with Gasteiger partial charge in [-0.15, -0.1) is 0 Å². The fourth-order valence-electron chi connectivity index (χ4n) is 2.70. The van der Waals surface area contributed by atoms with Crippen LogP contribution in [0.2, 0.25) is 0 Å². The molecule has 1 saturated heterocycles. The lowest BCUT2D eigenvalue weighted by Gasteiger charge is -2.21. The minimum Gasteiger partial charge on any atom is -0.381 e. The van der Waals surface area contributed by atoms with E-state index in [4.69, 9.17) is 15.5 Å². The molecular weight excluding hydrogens is 202 g/mol. The van der Waals surface area contributed by atoms with Gasteiger partial charge in [0.1, 0.15) is 5.82 Å². The van der Waals surface area contributed by atoms with Crippen molar-refractivity contribution in [1.82, 2.24) is 9.55 Å². The second kappa shape index (κ2) is 4.18. The van der Waals surface area contributed by atoms with E-state index in [-0.39, 0.29) is 6.17 Å². The quantitative estimate of drug-likeness (QED) is 0.783. The van der Waals surface area contributed by atoms with Crippen molar-refractivity contribution < 1.29 is 4.74 Å². The molecule has 2 N–H and O–H groups in total. The number of aryl methyl sites for hydroxylation is 1. The van der Waals surface area contributed by atoms with Gasteiger partial charge in [-0.25, -0.2) is 4.98 Å². The van der Waals surface area contributed by atoms with Crippen LogP contribution in [0.15, 0.2) is 6.20 Å². The van der Waals surface area contributed by atoms with Gasteiger partial charge in [-0.05, 0) is 25.7 Å². The molecule has 0 saturated carbocycles. The van der Waals surface area contributed by atoms with Crippen molar-refractivity contribution >= 4 is 0 Å². The van der Waals surface area contributed by atoms with Crippen LogP contribution in [0.3, 0.4) is 0 Å². The first kappa shape index (κ1) is 10.3. The number of imidazole rings is 1. The van der Waals surface area contributed by atoms with Gasteiger partial charge >= 0.3 is 0 Å². The molecule has 0 radical (unpaired) electrons. The van der Waals surface area contributed by atoms with E-state index in [0.717, 1.165) is 32.5 Å². The summed E-state index contributed by atoms with van der Waals surface area (Å²) in [4.78, 5) is 4.73. The number of nitrogens with zero attached hydrogens (tertiary/aromatic N) is 2. The monoisotopic (exact) mass is 221 g/mol. The second-order valence-electron chi connectivity index (χ2n) is 4.86. The Morgan fingerprint density at radius 1 is 1.38 bits per heavy atom. The first-order valence-electron chi connectivity index (χ1n) is 6.25. The molecule has 1 fully saturated rings. The summed E-state index contributed by atoms with van der Waals surface area (Å²) in [6.45, 7) is 1.73. The number of aromatic nitrogens is 2. The first-order valence-corrected chi connectivity index (χ1v) is 6.25.